The van der Waals surface area contributed by atoms with E-state index in [-0.39, 0.29) is 0 Å². The number of nitrogen functional groups attached to an aromatic ring is 1. The molecule has 15 heavy (non-hydrogen) atoms. The van der Waals surface area contributed by atoms with Gasteiger partial charge in [-0.15, -0.1) is 10.2 Å². The van der Waals surface area contributed by atoms with Gasteiger partial charge in [-0.2, -0.15) is 0 Å². The third-order valence-corrected chi connectivity index (χ3v) is 2.71. The van der Waals surface area contributed by atoms with Crippen LogP contribution >= 0.6 is 0 Å². The molecule has 4 heteroatoms. The lowest BCUT2D eigenvalue weighted by Gasteiger charge is -2.22. The third kappa shape index (κ3) is 2.58. The number of hydrogen-bond acceptors (Lipinski definition) is 4. The van der Waals surface area contributed by atoms with E-state index in [2.05, 4.69) is 22.0 Å². The van der Waals surface area contributed by atoms with Crippen LogP contribution in [0.15, 0.2) is 12.1 Å². The maximum Gasteiger partial charge on any atom is 0.151 e. The molecule has 2 rings (SSSR count). The molecule has 1 aromatic heterocycles. The fourth-order valence-electron chi connectivity index (χ4n) is 1.69. The molecule has 0 radical (unpaired) electrons. The Morgan fingerprint density at radius 1 is 1.40 bits per heavy atom. The van der Waals surface area contributed by atoms with Crippen molar-refractivity contribution in [3.63, 3.8) is 0 Å². The highest BCUT2D eigenvalue weighted by Crippen LogP contribution is 2.30. The molecule has 0 saturated heterocycles. The summed E-state index contributed by atoms with van der Waals surface area (Å²) in [4.78, 5) is 2.36. The zero-order valence-electron chi connectivity index (χ0n) is 9.19. The van der Waals surface area contributed by atoms with Crippen LogP contribution in [0.1, 0.15) is 32.6 Å². The van der Waals surface area contributed by atoms with Crippen LogP contribution in [0.25, 0.3) is 0 Å². The van der Waals surface area contributed by atoms with Crippen molar-refractivity contribution in [2.45, 2.75) is 38.6 Å². The van der Waals surface area contributed by atoms with E-state index in [9.17, 15) is 0 Å². The van der Waals surface area contributed by atoms with E-state index < -0.39 is 0 Å². The quantitative estimate of drug-likeness (QED) is 0.798. The van der Waals surface area contributed by atoms with Crippen molar-refractivity contribution in [3.05, 3.63) is 12.1 Å². The summed E-state index contributed by atoms with van der Waals surface area (Å²) in [7, 11) is 0. The normalized spacial score (nSPS) is 15.3. The second kappa shape index (κ2) is 4.47. The molecular weight excluding hydrogens is 188 g/mol. The average Bonchev–Trinajstić information content (AvgIpc) is 3.05. The lowest BCUT2D eigenvalue weighted by atomic mass is 10.3. The smallest absolute Gasteiger partial charge is 0.151 e. The molecule has 0 amide bonds. The molecular formula is C11H18N4. The first-order valence-electron chi connectivity index (χ1n) is 5.67. The predicted octanol–water partition coefficient (Wildman–Crippen LogP) is 1.83. The molecule has 0 aliphatic heterocycles. The second-order valence-corrected chi connectivity index (χ2v) is 4.09. The van der Waals surface area contributed by atoms with Gasteiger partial charge < -0.3 is 10.6 Å². The van der Waals surface area contributed by atoms with Gasteiger partial charge in [-0.1, -0.05) is 13.3 Å². The van der Waals surface area contributed by atoms with E-state index in [0.717, 1.165) is 12.4 Å². The Bertz CT molecular complexity index is 305. The maximum atomic E-state index is 5.53. The van der Waals surface area contributed by atoms with E-state index in [1.807, 2.05) is 12.1 Å². The molecule has 1 fully saturated rings. The van der Waals surface area contributed by atoms with Crippen LogP contribution in [0, 0.1) is 0 Å². The molecule has 0 bridgehead atoms. The van der Waals surface area contributed by atoms with Gasteiger partial charge in [-0.05, 0) is 31.4 Å². The van der Waals surface area contributed by atoms with Gasteiger partial charge in [0.2, 0.25) is 0 Å². The van der Waals surface area contributed by atoms with Gasteiger partial charge in [0.1, 0.15) is 5.82 Å². The second-order valence-electron chi connectivity index (χ2n) is 4.09. The number of nitrogens with zero attached hydrogens (tertiary/aromatic N) is 3. The van der Waals surface area contributed by atoms with Gasteiger partial charge in [0.05, 0.1) is 0 Å². The van der Waals surface area contributed by atoms with Crippen molar-refractivity contribution >= 4 is 11.6 Å². The molecule has 1 aliphatic carbocycles. The zero-order valence-corrected chi connectivity index (χ0v) is 9.19. The van der Waals surface area contributed by atoms with Crippen LogP contribution in [-0.4, -0.2) is 22.8 Å². The van der Waals surface area contributed by atoms with Crippen molar-refractivity contribution in [3.8, 4) is 0 Å². The Hall–Kier alpha value is -1.32. The molecule has 1 aliphatic rings. The van der Waals surface area contributed by atoms with Crippen LogP contribution < -0.4 is 10.6 Å². The minimum atomic E-state index is 0.491. The van der Waals surface area contributed by atoms with Gasteiger partial charge in [0.15, 0.2) is 5.82 Å². The molecule has 0 unspecified atom stereocenters. The highest BCUT2D eigenvalue weighted by Gasteiger charge is 2.29. The molecule has 2 N–H and O–H groups in total. The van der Waals surface area contributed by atoms with Crippen molar-refractivity contribution in [2.24, 2.45) is 0 Å². The van der Waals surface area contributed by atoms with Gasteiger partial charge >= 0.3 is 0 Å². The lowest BCUT2D eigenvalue weighted by Crippen LogP contribution is -2.27. The molecule has 0 spiro atoms. The number of hydrogen-bond donors (Lipinski definition) is 1. The number of nitrogens with two attached hydrogens (primary N) is 1. The fourth-order valence-corrected chi connectivity index (χ4v) is 1.69. The summed E-state index contributed by atoms with van der Waals surface area (Å²) < 4.78 is 0. The topological polar surface area (TPSA) is 55.0 Å². The molecule has 82 valence electrons. The highest BCUT2D eigenvalue weighted by atomic mass is 15.3. The molecule has 1 aromatic rings. The Labute approximate surface area is 90.5 Å². The van der Waals surface area contributed by atoms with Gasteiger partial charge in [0.25, 0.3) is 0 Å². The first kappa shape index (κ1) is 10.2. The van der Waals surface area contributed by atoms with Gasteiger partial charge in [0, 0.05) is 12.6 Å². The minimum absolute atomic E-state index is 0.491. The van der Waals surface area contributed by atoms with Crippen LogP contribution in [0.5, 0.6) is 0 Å². The standard InChI is InChI=1S/C11H18N4/c1-2-3-8-15(9-4-5-9)11-7-6-10(12)13-14-11/h6-7,9H,2-5,8H2,1H3,(H2,12,13). The number of aromatic nitrogens is 2. The largest absolute Gasteiger partial charge is 0.382 e. The molecule has 0 atom stereocenters. The molecule has 4 nitrogen and oxygen atoms in total. The van der Waals surface area contributed by atoms with Crippen LogP contribution in [0.4, 0.5) is 11.6 Å². The maximum absolute atomic E-state index is 5.53. The third-order valence-electron chi connectivity index (χ3n) is 2.71. The first-order chi connectivity index (χ1) is 7.31. The highest BCUT2D eigenvalue weighted by molar-refractivity contribution is 5.43. The summed E-state index contributed by atoms with van der Waals surface area (Å²) in [6.45, 7) is 3.29. The SMILES string of the molecule is CCCCN(c1ccc(N)nn1)C1CC1. The van der Waals surface area contributed by atoms with Crippen molar-refractivity contribution < 1.29 is 0 Å². The Morgan fingerprint density at radius 2 is 2.20 bits per heavy atom. The van der Waals surface area contributed by atoms with Crippen molar-refractivity contribution in [1.29, 1.82) is 0 Å². The summed E-state index contributed by atoms with van der Waals surface area (Å²) in [5, 5.41) is 8.05. The van der Waals surface area contributed by atoms with E-state index in [1.54, 1.807) is 0 Å². The van der Waals surface area contributed by atoms with E-state index in [0.29, 0.717) is 11.9 Å². The van der Waals surface area contributed by atoms with Crippen molar-refractivity contribution in [1.82, 2.24) is 10.2 Å². The summed E-state index contributed by atoms with van der Waals surface area (Å²) >= 11 is 0. The number of unbranched alkanes of at least 4 members (excludes halogenated alkanes) is 1. The summed E-state index contributed by atoms with van der Waals surface area (Å²) in [5.41, 5.74) is 5.53. The first-order valence-corrected chi connectivity index (χ1v) is 5.67. The number of anilines is 2. The average molecular weight is 206 g/mol. The fraction of sp³-hybridized carbons (Fsp3) is 0.636. The lowest BCUT2D eigenvalue weighted by molar-refractivity contribution is 0.699. The summed E-state index contributed by atoms with van der Waals surface area (Å²) in [5.74, 6) is 1.46. The predicted molar refractivity (Wildman–Crippen MR) is 61.7 cm³/mol. The van der Waals surface area contributed by atoms with E-state index >= 15 is 0 Å². The number of rotatable bonds is 5. The van der Waals surface area contributed by atoms with Gasteiger partial charge in [-0.3, -0.25) is 0 Å². The zero-order chi connectivity index (χ0) is 10.7. The molecule has 1 saturated carbocycles. The monoisotopic (exact) mass is 206 g/mol. The summed E-state index contributed by atoms with van der Waals surface area (Å²) in [6, 6.07) is 4.48. The van der Waals surface area contributed by atoms with Crippen LogP contribution in [0.3, 0.4) is 0 Å². The molecule has 0 aromatic carbocycles. The molecule has 1 heterocycles. The summed E-state index contributed by atoms with van der Waals surface area (Å²) in [6.07, 6.45) is 5.00. The van der Waals surface area contributed by atoms with Crippen molar-refractivity contribution in [2.75, 3.05) is 17.2 Å². The Morgan fingerprint density at radius 3 is 2.73 bits per heavy atom. The van der Waals surface area contributed by atoms with Crippen LogP contribution in [0.2, 0.25) is 0 Å². The van der Waals surface area contributed by atoms with Crippen LogP contribution in [-0.2, 0) is 0 Å². The van der Waals surface area contributed by atoms with E-state index in [1.165, 1.54) is 25.7 Å². The Kier molecular flexibility index (Phi) is 3.04. The minimum Gasteiger partial charge on any atom is -0.382 e. The van der Waals surface area contributed by atoms with E-state index in [4.69, 9.17) is 5.73 Å². The van der Waals surface area contributed by atoms with Gasteiger partial charge in [-0.25, -0.2) is 0 Å². The Balaban J connectivity index is 2.06.